The molecule has 6 heteroatoms. The molecule has 1 unspecified atom stereocenters. The van der Waals surface area contributed by atoms with Crippen LogP contribution >= 0.6 is 0 Å². The molecule has 1 aromatic carbocycles. The number of carboxylic acid groups (broad SMARTS) is 1. The summed E-state index contributed by atoms with van der Waals surface area (Å²) in [6.45, 7) is 1.86. The van der Waals surface area contributed by atoms with Gasteiger partial charge in [0, 0.05) is 14.2 Å². The molecule has 1 aromatic rings. The molecule has 0 radical (unpaired) electrons. The zero-order valence-electron chi connectivity index (χ0n) is 10.5. The molecule has 1 heterocycles. The molecule has 0 spiro atoms. The van der Waals surface area contributed by atoms with Gasteiger partial charge in [-0.1, -0.05) is 13.0 Å². The van der Waals surface area contributed by atoms with Crippen molar-refractivity contribution in [1.82, 2.24) is 0 Å². The number of rotatable bonds is 3. The Morgan fingerprint density at radius 2 is 2.22 bits per heavy atom. The molecule has 0 saturated carbocycles. The van der Waals surface area contributed by atoms with Crippen LogP contribution in [-0.2, 0) is 4.74 Å². The number of hydrogen-bond donors (Lipinski definition) is 1. The van der Waals surface area contributed by atoms with Gasteiger partial charge < -0.3 is 19.3 Å². The Morgan fingerprint density at radius 3 is 2.78 bits per heavy atom. The average molecular weight is 253 g/mol. The number of carbonyl (C=O) groups is 1. The lowest BCUT2D eigenvalue weighted by molar-refractivity contribution is -0.269. The van der Waals surface area contributed by atoms with Gasteiger partial charge in [0.15, 0.2) is 11.5 Å². The predicted octanol–water partition coefficient (Wildman–Crippen LogP) is 2.28. The zero-order chi connectivity index (χ0) is 13.3. The van der Waals surface area contributed by atoms with Gasteiger partial charge in [-0.2, -0.15) is 0 Å². The maximum absolute atomic E-state index is 11.0. The molecule has 0 aromatic heterocycles. The number of para-hydroxylation sites is 1. The standard InChI is InChI=1S/C12H15NO5/c1-4-12(16-3)17-9-7-5-6-8(10(9)18-12)13(2)11(14)15/h5-7H,4H2,1-3H3,(H,14,15). The van der Waals surface area contributed by atoms with E-state index in [-0.39, 0.29) is 0 Å². The average Bonchev–Trinajstić information content (AvgIpc) is 2.76. The molecular weight excluding hydrogens is 238 g/mol. The monoisotopic (exact) mass is 253 g/mol. The number of methoxy groups -OCH3 is 1. The van der Waals surface area contributed by atoms with Crippen molar-refractivity contribution in [2.24, 2.45) is 0 Å². The predicted molar refractivity (Wildman–Crippen MR) is 64.2 cm³/mol. The molecule has 0 saturated heterocycles. The van der Waals surface area contributed by atoms with E-state index in [0.29, 0.717) is 23.6 Å². The lowest BCUT2D eigenvalue weighted by Crippen LogP contribution is -2.39. The second kappa shape index (κ2) is 4.38. The van der Waals surface area contributed by atoms with E-state index >= 15 is 0 Å². The smallest absolute Gasteiger partial charge is 0.411 e. The molecule has 6 nitrogen and oxygen atoms in total. The Morgan fingerprint density at radius 1 is 1.50 bits per heavy atom. The van der Waals surface area contributed by atoms with Crippen molar-refractivity contribution in [2.45, 2.75) is 19.3 Å². The first-order chi connectivity index (χ1) is 8.53. The molecule has 98 valence electrons. The fraction of sp³-hybridized carbons (Fsp3) is 0.417. The van der Waals surface area contributed by atoms with Gasteiger partial charge in [0.05, 0.1) is 12.1 Å². The van der Waals surface area contributed by atoms with E-state index in [1.165, 1.54) is 14.2 Å². The second-order valence-electron chi connectivity index (χ2n) is 3.89. The van der Waals surface area contributed by atoms with Crippen LogP contribution in [0.1, 0.15) is 13.3 Å². The lowest BCUT2D eigenvalue weighted by atomic mass is 10.2. The minimum Gasteiger partial charge on any atom is -0.465 e. The molecule has 1 N–H and O–H groups in total. The SMILES string of the molecule is CCC1(OC)Oc2cccc(N(C)C(=O)O)c2O1. The van der Waals surface area contributed by atoms with E-state index in [4.69, 9.17) is 19.3 Å². The van der Waals surface area contributed by atoms with Gasteiger partial charge in [-0.15, -0.1) is 0 Å². The van der Waals surface area contributed by atoms with Gasteiger partial charge in [0.2, 0.25) is 0 Å². The first-order valence-corrected chi connectivity index (χ1v) is 5.56. The highest BCUT2D eigenvalue weighted by atomic mass is 16.9. The second-order valence-corrected chi connectivity index (χ2v) is 3.89. The van der Waals surface area contributed by atoms with Gasteiger partial charge >= 0.3 is 12.1 Å². The van der Waals surface area contributed by atoms with Crippen molar-refractivity contribution in [3.8, 4) is 11.5 Å². The zero-order valence-corrected chi connectivity index (χ0v) is 10.5. The molecule has 0 aliphatic carbocycles. The van der Waals surface area contributed by atoms with Crippen LogP contribution in [0.2, 0.25) is 0 Å². The van der Waals surface area contributed by atoms with Crippen molar-refractivity contribution in [3.63, 3.8) is 0 Å². The third-order valence-electron chi connectivity index (χ3n) is 2.87. The van der Waals surface area contributed by atoms with Gasteiger partial charge in [-0.3, -0.25) is 4.90 Å². The van der Waals surface area contributed by atoms with E-state index in [1.54, 1.807) is 18.2 Å². The van der Waals surface area contributed by atoms with E-state index in [9.17, 15) is 4.79 Å². The molecular formula is C12H15NO5. The molecule has 18 heavy (non-hydrogen) atoms. The van der Waals surface area contributed by atoms with E-state index in [0.717, 1.165) is 4.90 Å². The Kier molecular flexibility index (Phi) is 3.04. The summed E-state index contributed by atoms with van der Waals surface area (Å²) in [4.78, 5) is 12.1. The highest BCUT2D eigenvalue weighted by molar-refractivity contribution is 5.88. The topological polar surface area (TPSA) is 68.2 Å². The summed E-state index contributed by atoms with van der Waals surface area (Å²) >= 11 is 0. The summed E-state index contributed by atoms with van der Waals surface area (Å²) in [5.41, 5.74) is 0.423. The molecule has 1 atom stereocenters. The molecule has 1 aliphatic heterocycles. The Balaban J connectivity index is 2.41. The third-order valence-corrected chi connectivity index (χ3v) is 2.87. The summed E-state index contributed by atoms with van der Waals surface area (Å²) in [6.07, 6.45) is -0.590. The van der Waals surface area contributed by atoms with Gasteiger partial charge in [0.1, 0.15) is 0 Å². The number of hydrogen-bond acceptors (Lipinski definition) is 4. The summed E-state index contributed by atoms with van der Waals surface area (Å²) in [6, 6.07) is 5.07. The highest BCUT2D eigenvalue weighted by Crippen LogP contribution is 2.46. The first kappa shape index (κ1) is 12.5. The lowest BCUT2D eigenvalue weighted by Gasteiger charge is -2.24. The summed E-state index contributed by atoms with van der Waals surface area (Å²) in [5.74, 6) is -0.312. The quantitative estimate of drug-likeness (QED) is 0.895. The van der Waals surface area contributed by atoms with E-state index < -0.39 is 12.1 Å². The van der Waals surface area contributed by atoms with Crippen LogP contribution in [0.3, 0.4) is 0 Å². The van der Waals surface area contributed by atoms with Crippen LogP contribution < -0.4 is 14.4 Å². The number of fused-ring (bicyclic) bond motifs is 1. The Bertz CT molecular complexity index is 470. The Labute approximate surface area is 105 Å². The van der Waals surface area contributed by atoms with Crippen LogP contribution in [0.5, 0.6) is 11.5 Å². The van der Waals surface area contributed by atoms with Crippen molar-refractivity contribution < 1.29 is 24.1 Å². The minimum absolute atomic E-state index is 0.381. The highest BCUT2D eigenvalue weighted by Gasteiger charge is 2.42. The number of ether oxygens (including phenoxy) is 3. The number of amides is 1. The fourth-order valence-corrected chi connectivity index (χ4v) is 1.77. The summed E-state index contributed by atoms with van der Waals surface area (Å²) in [5, 5.41) is 9.01. The van der Waals surface area contributed by atoms with Gasteiger partial charge in [0.25, 0.3) is 0 Å². The van der Waals surface area contributed by atoms with Gasteiger partial charge in [-0.05, 0) is 12.1 Å². The molecule has 0 fully saturated rings. The Hall–Kier alpha value is -1.95. The first-order valence-electron chi connectivity index (χ1n) is 5.56. The molecule has 2 rings (SSSR count). The fourth-order valence-electron chi connectivity index (χ4n) is 1.77. The van der Waals surface area contributed by atoms with Crippen LogP contribution in [0.15, 0.2) is 18.2 Å². The van der Waals surface area contributed by atoms with Crippen molar-refractivity contribution in [1.29, 1.82) is 0 Å². The van der Waals surface area contributed by atoms with Crippen molar-refractivity contribution in [2.75, 3.05) is 19.1 Å². The summed E-state index contributed by atoms with van der Waals surface area (Å²) < 4.78 is 16.5. The largest absolute Gasteiger partial charge is 0.465 e. The number of nitrogens with zero attached hydrogens (tertiary/aromatic N) is 1. The summed E-state index contributed by atoms with van der Waals surface area (Å²) in [7, 11) is 2.93. The van der Waals surface area contributed by atoms with Crippen LogP contribution in [0, 0.1) is 0 Å². The molecule has 1 aliphatic rings. The molecule has 1 amide bonds. The van der Waals surface area contributed by atoms with Gasteiger partial charge in [-0.25, -0.2) is 4.79 Å². The van der Waals surface area contributed by atoms with Crippen LogP contribution in [0.4, 0.5) is 10.5 Å². The van der Waals surface area contributed by atoms with Crippen molar-refractivity contribution >= 4 is 11.8 Å². The van der Waals surface area contributed by atoms with E-state index in [2.05, 4.69) is 0 Å². The van der Waals surface area contributed by atoms with Crippen LogP contribution in [0.25, 0.3) is 0 Å². The number of benzene rings is 1. The maximum Gasteiger partial charge on any atom is 0.411 e. The normalized spacial score (nSPS) is 20.8. The number of anilines is 1. The maximum atomic E-state index is 11.0. The van der Waals surface area contributed by atoms with Crippen molar-refractivity contribution in [3.05, 3.63) is 18.2 Å². The third kappa shape index (κ3) is 1.84. The van der Waals surface area contributed by atoms with E-state index in [1.807, 2.05) is 6.92 Å². The minimum atomic E-state index is -1.17. The molecule has 0 bridgehead atoms. The van der Waals surface area contributed by atoms with Crippen LogP contribution in [-0.4, -0.2) is 31.3 Å².